The molecule has 0 amide bonds. The summed E-state index contributed by atoms with van der Waals surface area (Å²) in [6.45, 7) is 0.672. The zero-order chi connectivity index (χ0) is 13.2. The van der Waals surface area contributed by atoms with E-state index in [1.165, 1.54) is 11.1 Å². The molecular formula is C14H18N4O. The molecular weight excluding hydrogens is 240 g/mol. The molecule has 0 aliphatic heterocycles. The van der Waals surface area contributed by atoms with Crippen LogP contribution in [0, 0.1) is 0 Å². The maximum atomic E-state index is 9.54. The van der Waals surface area contributed by atoms with Crippen LogP contribution in [-0.4, -0.2) is 19.9 Å². The van der Waals surface area contributed by atoms with Crippen LogP contribution in [0.15, 0.2) is 24.5 Å². The molecule has 0 fully saturated rings. The second kappa shape index (κ2) is 5.01. The second-order valence-electron chi connectivity index (χ2n) is 5.04. The number of aromatic hydroxyl groups is 1. The van der Waals surface area contributed by atoms with E-state index >= 15 is 0 Å². The number of benzene rings is 1. The summed E-state index contributed by atoms with van der Waals surface area (Å²) in [5.74, 6) is 1.17. The first-order chi connectivity index (χ1) is 9.22. The summed E-state index contributed by atoms with van der Waals surface area (Å²) in [7, 11) is 1.87. The van der Waals surface area contributed by atoms with Crippen LogP contribution < -0.4 is 5.32 Å². The molecule has 0 saturated heterocycles. The highest BCUT2D eigenvalue weighted by atomic mass is 16.3. The fraction of sp³-hybridized carbons (Fsp3) is 0.429. The number of fused-ring (bicyclic) bond motifs is 1. The Labute approximate surface area is 112 Å². The number of nitrogens with zero attached hydrogens (tertiary/aromatic N) is 3. The van der Waals surface area contributed by atoms with Gasteiger partial charge in [-0.15, -0.1) is 0 Å². The minimum Gasteiger partial charge on any atom is -0.508 e. The van der Waals surface area contributed by atoms with Crippen LogP contribution in [0.2, 0.25) is 0 Å². The van der Waals surface area contributed by atoms with Gasteiger partial charge in [-0.2, -0.15) is 5.10 Å². The average Bonchev–Trinajstić information content (AvgIpc) is 2.81. The Morgan fingerprint density at radius 3 is 3.16 bits per heavy atom. The van der Waals surface area contributed by atoms with Crippen molar-refractivity contribution in [1.29, 1.82) is 0 Å². The van der Waals surface area contributed by atoms with Gasteiger partial charge in [0.1, 0.15) is 12.1 Å². The van der Waals surface area contributed by atoms with Crippen LogP contribution >= 0.6 is 0 Å². The number of phenolic OH excluding ortho intramolecular Hbond substituents is 1. The Bertz CT molecular complexity index is 579. The Morgan fingerprint density at radius 1 is 1.47 bits per heavy atom. The van der Waals surface area contributed by atoms with Crippen molar-refractivity contribution in [3.63, 3.8) is 0 Å². The lowest BCUT2D eigenvalue weighted by Crippen LogP contribution is -2.25. The SMILES string of the molecule is Cn1cnc(CNC2CCCc3cc(O)ccc32)n1. The Hall–Kier alpha value is -1.88. The molecule has 0 saturated carbocycles. The first-order valence-electron chi connectivity index (χ1n) is 6.62. The summed E-state index contributed by atoms with van der Waals surface area (Å²) in [6.07, 6.45) is 5.02. The van der Waals surface area contributed by atoms with Crippen molar-refractivity contribution in [2.45, 2.75) is 31.8 Å². The van der Waals surface area contributed by atoms with Gasteiger partial charge in [-0.3, -0.25) is 4.68 Å². The lowest BCUT2D eigenvalue weighted by molar-refractivity contribution is 0.444. The summed E-state index contributed by atoms with van der Waals surface area (Å²) in [5.41, 5.74) is 2.54. The lowest BCUT2D eigenvalue weighted by atomic mass is 9.87. The second-order valence-corrected chi connectivity index (χ2v) is 5.04. The van der Waals surface area contributed by atoms with Gasteiger partial charge in [0.25, 0.3) is 0 Å². The summed E-state index contributed by atoms with van der Waals surface area (Å²) in [5, 5.41) is 17.3. The quantitative estimate of drug-likeness (QED) is 0.879. The van der Waals surface area contributed by atoms with E-state index in [0.717, 1.165) is 25.1 Å². The lowest BCUT2D eigenvalue weighted by Gasteiger charge is -2.26. The van der Waals surface area contributed by atoms with Crippen LogP contribution in [0.5, 0.6) is 5.75 Å². The molecule has 1 aliphatic carbocycles. The molecule has 100 valence electrons. The average molecular weight is 258 g/mol. The highest BCUT2D eigenvalue weighted by Crippen LogP contribution is 2.31. The van der Waals surface area contributed by atoms with Gasteiger partial charge in [-0.25, -0.2) is 4.98 Å². The zero-order valence-corrected chi connectivity index (χ0v) is 11.0. The van der Waals surface area contributed by atoms with Gasteiger partial charge >= 0.3 is 0 Å². The van der Waals surface area contributed by atoms with E-state index in [9.17, 15) is 5.11 Å². The van der Waals surface area contributed by atoms with Crippen molar-refractivity contribution in [2.24, 2.45) is 7.05 Å². The maximum absolute atomic E-state index is 9.54. The highest BCUT2D eigenvalue weighted by Gasteiger charge is 2.20. The Kier molecular flexibility index (Phi) is 3.21. The van der Waals surface area contributed by atoms with Gasteiger partial charge in [0.15, 0.2) is 5.82 Å². The third-order valence-corrected chi connectivity index (χ3v) is 3.59. The van der Waals surface area contributed by atoms with E-state index in [2.05, 4.69) is 15.4 Å². The first-order valence-corrected chi connectivity index (χ1v) is 6.62. The molecule has 0 spiro atoms. The number of aryl methyl sites for hydroxylation is 2. The van der Waals surface area contributed by atoms with Crippen LogP contribution in [0.4, 0.5) is 0 Å². The Morgan fingerprint density at radius 2 is 2.37 bits per heavy atom. The van der Waals surface area contributed by atoms with Crippen molar-refractivity contribution in [3.8, 4) is 5.75 Å². The predicted molar refractivity (Wildman–Crippen MR) is 71.6 cm³/mol. The molecule has 5 heteroatoms. The molecule has 1 atom stereocenters. The number of phenols is 1. The van der Waals surface area contributed by atoms with E-state index in [-0.39, 0.29) is 0 Å². The van der Waals surface area contributed by atoms with Crippen molar-refractivity contribution in [2.75, 3.05) is 0 Å². The Balaban J connectivity index is 1.73. The topological polar surface area (TPSA) is 63.0 Å². The minimum atomic E-state index is 0.327. The molecule has 5 nitrogen and oxygen atoms in total. The number of nitrogens with one attached hydrogen (secondary N) is 1. The van der Waals surface area contributed by atoms with E-state index in [4.69, 9.17) is 0 Å². The van der Waals surface area contributed by atoms with Crippen molar-refractivity contribution < 1.29 is 5.11 Å². The minimum absolute atomic E-state index is 0.327. The monoisotopic (exact) mass is 258 g/mol. The van der Waals surface area contributed by atoms with Crippen molar-refractivity contribution >= 4 is 0 Å². The molecule has 19 heavy (non-hydrogen) atoms. The molecule has 1 aromatic heterocycles. The summed E-state index contributed by atoms with van der Waals surface area (Å²) in [4.78, 5) is 4.22. The van der Waals surface area contributed by atoms with Crippen molar-refractivity contribution in [3.05, 3.63) is 41.5 Å². The zero-order valence-electron chi connectivity index (χ0n) is 11.0. The van der Waals surface area contributed by atoms with Gasteiger partial charge in [-0.1, -0.05) is 6.07 Å². The summed E-state index contributed by atoms with van der Waals surface area (Å²) < 4.78 is 1.71. The normalized spacial score (nSPS) is 18.3. The number of rotatable bonds is 3. The summed E-state index contributed by atoms with van der Waals surface area (Å²) >= 11 is 0. The fourth-order valence-corrected chi connectivity index (χ4v) is 2.69. The van der Waals surface area contributed by atoms with Crippen molar-refractivity contribution in [1.82, 2.24) is 20.1 Å². The highest BCUT2D eigenvalue weighted by molar-refractivity contribution is 5.38. The van der Waals surface area contributed by atoms with E-state index in [1.807, 2.05) is 19.2 Å². The molecule has 1 aliphatic rings. The van der Waals surface area contributed by atoms with Gasteiger partial charge < -0.3 is 10.4 Å². The number of hydrogen-bond acceptors (Lipinski definition) is 4. The van der Waals surface area contributed by atoms with Gasteiger partial charge in [-0.05, 0) is 42.5 Å². The molecule has 1 unspecified atom stereocenters. The van der Waals surface area contributed by atoms with Gasteiger partial charge in [0.05, 0.1) is 6.54 Å². The fourth-order valence-electron chi connectivity index (χ4n) is 2.69. The van der Waals surface area contributed by atoms with E-state index in [0.29, 0.717) is 18.3 Å². The van der Waals surface area contributed by atoms with E-state index in [1.54, 1.807) is 17.1 Å². The molecule has 0 radical (unpaired) electrons. The third-order valence-electron chi connectivity index (χ3n) is 3.59. The maximum Gasteiger partial charge on any atom is 0.164 e. The van der Waals surface area contributed by atoms with Crippen LogP contribution in [0.3, 0.4) is 0 Å². The standard InChI is InChI=1S/C14H18N4O/c1-18-9-16-14(17-18)8-15-13-4-2-3-10-7-11(19)5-6-12(10)13/h5-7,9,13,15,19H,2-4,8H2,1H3. The van der Waals surface area contributed by atoms with Crippen LogP contribution in [0.1, 0.15) is 35.8 Å². The van der Waals surface area contributed by atoms with Crippen LogP contribution in [-0.2, 0) is 20.0 Å². The largest absolute Gasteiger partial charge is 0.508 e. The smallest absolute Gasteiger partial charge is 0.164 e. The molecule has 2 aromatic rings. The number of hydrogen-bond donors (Lipinski definition) is 2. The molecule has 0 bridgehead atoms. The van der Waals surface area contributed by atoms with Gasteiger partial charge in [0, 0.05) is 13.1 Å². The van der Waals surface area contributed by atoms with E-state index < -0.39 is 0 Å². The molecule has 1 heterocycles. The molecule has 3 rings (SSSR count). The summed E-state index contributed by atoms with van der Waals surface area (Å²) in [6, 6.07) is 5.99. The predicted octanol–water partition coefficient (Wildman–Crippen LogP) is 1.69. The third kappa shape index (κ3) is 2.61. The molecule has 2 N–H and O–H groups in total. The van der Waals surface area contributed by atoms with Gasteiger partial charge in [0.2, 0.25) is 0 Å². The molecule has 1 aromatic carbocycles. The van der Waals surface area contributed by atoms with Crippen LogP contribution in [0.25, 0.3) is 0 Å². The first kappa shape index (κ1) is 12.2. The number of aromatic nitrogens is 3.